The van der Waals surface area contributed by atoms with Crippen molar-refractivity contribution in [2.45, 2.75) is 16.7 Å². The average molecular weight is 416 g/mol. The van der Waals surface area contributed by atoms with Crippen LogP contribution in [-0.2, 0) is 20.4 Å². The molecule has 3 rings (SSSR count). The van der Waals surface area contributed by atoms with Gasteiger partial charge in [0.25, 0.3) is 0 Å². The van der Waals surface area contributed by atoms with Gasteiger partial charge in [-0.15, -0.1) is 0 Å². The first kappa shape index (κ1) is 20.6. The molecule has 3 N–H and O–H groups in total. The number of hydrogen-bond acceptors (Lipinski definition) is 4. The van der Waals surface area contributed by atoms with Crippen molar-refractivity contribution >= 4 is 21.4 Å². The van der Waals surface area contributed by atoms with Crippen molar-refractivity contribution in [2.75, 3.05) is 5.32 Å². The summed E-state index contributed by atoms with van der Waals surface area (Å²) in [5, 5.41) is 2.64. The lowest BCUT2D eigenvalue weighted by atomic mass is 10.1. The first-order chi connectivity index (χ1) is 13.8. The van der Waals surface area contributed by atoms with E-state index in [2.05, 4.69) is 5.32 Å². The summed E-state index contributed by atoms with van der Waals surface area (Å²) in [5.74, 6) is -2.98. The second kappa shape index (κ2) is 8.50. The highest BCUT2D eigenvalue weighted by atomic mass is 32.2. The number of nitrogens with two attached hydrogens (primary N) is 1. The lowest BCUT2D eigenvalue weighted by molar-refractivity contribution is -0.117. The number of benzene rings is 3. The highest BCUT2D eigenvalue weighted by Crippen LogP contribution is 2.22. The normalized spacial score (nSPS) is 12.4. The van der Waals surface area contributed by atoms with Crippen molar-refractivity contribution in [3.05, 3.63) is 95.6 Å². The van der Waals surface area contributed by atoms with Crippen molar-refractivity contribution in [1.82, 2.24) is 0 Å². The minimum absolute atomic E-state index is 0.333. The molecule has 1 atom stereocenters. The fraction of sp³-hybridized carbons (Fsp3) is 0.0952. The Bertz CT molecular complexity index is 1140. The van der Waals surface area contributed by atoms with Crippen LogP contribution < -0.4 is 11.1 Å². The van der Waals surface area contributed by atoms with E-state index in [9.17, 15) is 22.0 Å². The number of halogens is 2. The Hall–Kier alpha value is -3.10. The zero-order chi connectivity index (χ0) is 21.0. The van der Waals surface area contributed by atoms with Crippen molar-refractivity contribution in [3.63, 3.8) is 0 Å². The number of anilines is 1. The Morgan fingerprint density at radius 2 is 1.69 bits per heavy atom. The highest BCUT2D eigenvalue weighted by Gasteiger charge is 2.21. The van der Waals surface area contributed by atoms with Crippen LogP contribution in [0.25, 0.3) is 0 Å². The van der Waals surface area contributed by atoms with E-state index in [1.807, 2.05) is 6.07 Å². The summed E-state index contributed by atoms with van der Waals surface area (Å²) in [6, 6.07) is 16.4. The van der Waals surface area contributed by atoms with E-state index in [1.165, 1.54) is 12.1 Å². The molecule has 0 saturated carbocycles. The zero-order valence-electron chi connectivity index (χ0n) is 15.2. The summed E-state index contributed by atoms with van der Waals surface area (Å²) in [5.41, 5.74) is 7.27. The maximum Gasteiger partial charge on any atom is 0.245 e. The minimum Gasteiger partial charge on any atom is -0.324 e. The highest BCUT2D eigenvalue weighted by molar-refractivity contribution is 7.90. The van der Waals surface area contributed by atoms with Crippen LogP contribution in [0.1, 0.15) is 17.2 Å². The number of hydrogen-bond donors (Lipinski definition) is 2. The molecule has 0 fully saturated rings. The number of sulfone groups is 1. The summed E-state index contributed by atoms with van der Waals surface area (Å²) in [6.45, 7) is 0. The van der Waals surface area contributed by atoms with Gasteiger partial charge in [-0.3, -0.25) is 4.79 Å². The van der Waals surface area contributed by atoms with Gasteiger partial charge in [0.05, 0.1) is 5.75 Å². The summed E-state index contributed by atoms with van der Waals surface area (Å²) in [7, 11) is -4.04. The number of amides is 1. The molecule has 0 aliphatic carbocycles. The van der Waals surface area contributed by atoms with E-state index in [-0.39, 0.29) is 0 Å². The first-order valence-corrected chi connectivity index (χ1v) is 10.3. The second-order valence-electron chi connectivity index (χ2n) is 6.41. The molecule has 3 aromatic carbocycles. The molecule has 1 amide bonds. The SMILES string of the molecule is N[C@H](C(=O)Nc1cccc(CS(=O)(=O)c2ccc(F)cc2F)c1)c1ccccc1. The van der Waals surface area contributed by atoms with Crippen LogP contribution >= 0.6 is 0 Å². The lowest BCUT2D eigenvalue weighted by Crippen LogP contribution is -2.27. The molecular formula is C21H18F2N2O3S. The van der Waals surface area contributed by atoms with Gasteiger partial charge in [-0.25, -0.2) is 17.2 Å². The maximum absolute atomic E-state index is 13.9. The topological polar surface area (TPSA) is 89.3 Å². The molecule has 29 heavy (non-hydrogen) atoms. The minimum atomic E-state index is -4.04. The molecule has 0 spiro atoms. The fourth-order valence-electron chi connectivity index (χ4n) is 2.80. The van der Waals surface area contributed by atoms with Crippen LogP contribution in [0.2, 0.25) is 0 Å². The molecule has 0 radical (unpaired) electrons. The smallest absolute Gasteiger partial charge is 0.245 e. The molecular weight excluding hydrogens is 398 g/mol. The molecule has 8 heteroatoms. The van der Waals surface area contributed by atoms with E-state index in [1.54, 1.807) is 36.4 Å². The standard InChI is InChI=1S/C21H18F2N2O3S/c22-16-9-10-19(18(23)12-16)29(27,28)13-14-5-4-8-17(11-14)25-21(26)20(24)15-6-2-1-3-7-15/h1-12,20H,13,24H2,(H,25,26)/t20-/m0/s1. The third-order valence-electron chi connectivity index (χ3n) is 4.22. The summed E-state index contributed by atoms with van der Waals surface area (Å²) >= 11 is 0. The summed E-state index contributed by atoms with van der Waals surface area (Å²) < 4.78 is 51.9. The molecule has 0 aliphatic heterocycles. The molecule has 0 saturated heterocycles. The molecule has 150 valence electrons. The van der Waals surface area contributed by atoms with Crippen molar-refractivity contribution < 1.29 is 22.0 Å². The van der Waals surface area contributed by atoms with E-state index in [0.717, 1.165) is 12.1 Å². The van der Waals surface area contributed by atoms with Crippen LogP contribution in [0.15, 0.2) is 77.7 Å². The lowest BCUT2D eigenvalue weighted by Gasteiger charge is -2.13. The van der Waals surface area contributed by atoms with E-state index >= 15 is 0 Å². The van der Waals surface area contributed by atoms with Crippen LogP contribution in [0.3, 0.4) is 0 Å². The number of nitrogens with one attached hydrogen (secondary N) is 1. The quantitative estimate of drug-likeness (QED) is 0.601. The molecule has 0 aliphatic rings. The van der Waals surface area contributed by atoms with Gasteiger partial charge in [-0.05, 0) is 35.4 Å². The monoisotopic (exact) mass is 416 g/mol. The van der Waals surface area contributed by atoms with Crippen LogP contribution in [-0.4, -0.2) is 14.3 Å². The predicted octanol–water partition coefficient (Wildman–Crippen LogP) is 3.58. The van der Waals surface area contributed by atoms with Gasteiger partial charge in [-0.1, -0.05) is 42.5 Å². The first-order valence-electron chi connectivity index (χ1n) is 8.64. The van der Waals surface area contributed by atoms with Crippen LogP contribution in [0, 0.1) is 11.6 Å². The van der Waals surface area contributed by atoms with Gasteiger partial charge in [0, 0.05) is 11.8 Å². The molecule has 0 unspecified atom stereocenters. The van der Waals surface area contributed by atoms with Gasteiger partial charge >= 0.3 is 0 Å². The van der Waals surface area contributed by atoms with E-state index < -0.39 is 44.1 Å². The van der Waals surface area contributed by atoms with Gasteiger partial charge in [0.15, 0.2) is 9.84 Å². The maximum atomic E-state index is 13.9. The Balaban J connectivity index is 1.76. The Morgan fingerprint density at radius 1 is 0.966 bits per heavy atom. The van der Waals surface area contributed by atoms with Crippen molar-refractivity contribution in [3.8, 4) is 0 Å². The third-order valence-corrected chi connectivity index (χ3v) is 5.94. The predicted molar refractivity (Wildman–Crippen MR) is 106 cm³/mol. The van der Waals surface area contributed by atoms with E-state index in [4.69, 9.17) is 5.73 Å². The van der Waals surface area contributed by atoms with Crippen molar-refractivity contribution in [1.29, 1.82) is 0 Å². The Morgan fingerprint density at radius 3 is 2.38 bits per heavy atom. The zero-order valence-corrected chi connectivity index (χ0v) is 16.0. The van der Waals surface area contributed by atoms with E-state index in [0.29, 0.717) is 22.9 Å². The van der Waals surface area contributed by atoms with Crippen LogP contribution in [0.4, 0.5) is 14.5 Å². The summed E-state index contributed by atoms with van der Waals surface area (Å²) in [4.78, 5) is 11.8. The summed E-state index contributed by atoms with van der Waals surface area (Å²) in [6.07, 6.45) is 0. The molecule has 5 nitrogen and oxygen atoms in total. The van der Waals surface area contributed by atoms with Crippen molar-refractivity contribution in [2.24, 2.45) is 5.73 Å². The molecule has 0 heterocycles. The molecule has 0 bridgehead atoms. The van der Waals surface area contributed by atoms with Gasteiger partial charge in [-0.2, -0.15) is 0 Å². The number of carbonyl (C=O) groups is 1. The van der Waals surface area contributed by atoms with Gasteiger partial charge in [0.2, 0.25) is 5.91 Å². The second-order valence-corrected chi connectivity index (χ2v) is 8.37. The fourth-order valence-corrected chi connectivity index (χ4v) is 4.20. The number of rotatable bonds is 6. The third kappa shape index (κ3) is 5.04. The largest absolute Gasteiger partial charge is 0.324 e. The van der Waals surface area contributed by atoms with Gasteiger partial charge < -0.3 is 11.1 Å². The molecule has 0 aromatic heterocycles. The molecule has 3 aromatic rings. The Kier molecular flexibility index (Phi) is 6.05. The average Bonchev–Trinajstić information content (AvgIpc) is 2.67. The van der Waals surface area contributed by atoms with Crippen LogP contribution in [0.5, 0.6) is 0 Å². The Labute approximate surface area is 167 Å². The number of carbonyl (C=O) groups excluding carboxylic acids is 1. The van der Waals surface area contributed by atoms with Gasteiger partial charge in [0.1, 0.15) is 22.6 Å².